The van der Waals surface area contributed by atoms with E-state index in [1.807, 2.05) is 0 Å². The number of nitro benzene ring substituents is 1. The number of aromatic nitrogens is 2. The largest absolute Gasteiger partial charge is 0.497 e. The Morgan fingerprint density at radius 3 is 2.35 bits per heavy atom. The van der Waals surface area contributed by atoms with E-state index in [9.17, 15) is 23.3 Å². The van der Waals surface area contributed by atoms with Crippen molar-refractivity contribution in [2.24, 2.45) is 0 Å². The van der Waals surface area contributed by atoms with Gasteiger partial charge in [-0.25, -0.2) is 8.42 Å². The van der Waals surface area contributed by atoms with Gasteiger partial charge < -0.3 is 10.5 Å². The molecule has 2 aromatic carbocycles. The number of anilines is 1. The fraction of sp³-hybridized carbons (Fsp3) is 0.0526. The summed E-state index contributed by atoms with van der Waals surface area (Å²) >= 11 is 1.02. The van der Waals surface area contributed by atoms with E-state index < -0.39 is 20.3 Å². The van der Waals surface area contributed by atoms with E-state index >= 15 is 0 Å². The number of non-ortho nitro benzene ring substituents is 1. The summed E-state index contributed by atoms with van der Waals surface area (Å²) in [6, 6.07) is 10.8. The first-order valence-electron chi connectivity index (χ1n) is 8.68. The van der Waals surface area contributed by atoms with Crippen molar-refractivity contribution in [3.8, 4) is 11.4 Å². The molecule has 0 radical (unpaired) electrons. The third kappa shape index (κ3) is 3.41. The minimum atomic E-state index is -4.22. The van der Waals surface area contributed by atoms with Crippen LogP contribution in [0.15, 0.2) is 68.6 Å². The molecule has 2 aromatic heterocycles. The molecule has 2 heterocycles. The number of hydrogen-bond donors (Lipinski definition) is 1. The average Bonchev–Trinajstić information content (AvgIpc) is 3.16. The van der Waals surface area contributed by atoms with Crippen LogP contribution < -0.4 is 16.0 Å². The lowest BCUT2D eigenvalue weighted by Gasteiger charge is -2.11. The number of nitro groups is 1. The predicted molar refractivity (Wildman–Crippen MR) is 115 cm³/mol. The minimum absolute atomic E-state index is 0.0382. The molecule has 31 heavy (non-hydrogen) atoms. The second kappa shape index (κ2) is 7.49. The predicted octanol–water partition coefficient (Wildman–Crippen LogP) is 2.78. The molecular formula is C19H14N4O6S2. The topological polar surface area (TPSA) is 147 Å². The molecule has 158 valence electrons. The number of nitrogen functional groups attached to an aromatic ring is 1. The van der Waals surface area contributed by atoms with Crippen molar-refractivity contribution in [3.63, 3.8) is 0 Å². The van der Waals surface area contributed by atoms with E-state index in [1.165, 1.54) is 12.5 Å². The number of ether oxygens (including phenoxy) is 1. The number of hydrogen-bond acceptors (Lipinski definition) is 9. The van der Waals surface area contributed by atoms with Gasteiger partial charge in [-0.3, -0.25) is 14.9 Å². The molecule has 4 rings (SSSR count). The molecule has 0 amide bonds. The third-order valence-corrected chi connectivity index (χ3v) is 7.09. The normalized spacial score (nSPS) is 11.5. The summed E-state index contributed by atoms with van der Waals surface area (Å²) in [5.41, 5.74) is 5.46. The Bertz CT molecular complexity index is 1470. The highest BCUT2D eigenvalue weighted by Crippen LogP contribution is 2.32. The highest BCUT2D eigenvalue weighted by Gasteiger charge is 2.27. The SMILES string of the molecule is COc1ccc(-n2nc(S(=O)(=O)c3ccc([N+](=O)[O-])cc3)c3csc(N)c3c2=O)cc1. The Hall–Kier alpha value is -3.77. The summed E-state index contributed by atoms with van der Waals surface area (Å²) in [7, 11) is -2.73. The number of sulfone groups is 1. The molecule has 0 unspecified atom stereocenters. The molecule has 4 aromatic rings. The summed E-state index contributed by atoms with van der Waals surface area (Å²) in [4.78, 5) is 23.1. The third-order valence-electron chi connectivity index (χ3n) is 4.58. The van der Waals surface area contributed by atoms with E-state index in [1.54, 1.807) is 24.3 Å². The molecule has 2 N–H and O–H groups in total. The average molecular weight is 458 g/mol. The number of nitrogens with two attached hydrogens (primary N) is 1. The van der Waals surface area contributed by atoms with Crippen molar-refractivity contribution < 1.29 is 18.1 Å². The Labute approximate surface area is 179 Å². The van der Waals surface area contributed by atoms with Gasteiger partial charge in [-0.15, -0.1) is 11.3 Å². The van der Waals surface area contributed by atoms with Crippen LogP contribution in [0.3, 0.4) is 0 Å². The van der Waals surface area contributed by atoms with Gasteiger partial charge in [0.2, 0.25) is 9.84 Å². The summed E-state index contributed by atoms with van der Waals surface area (Å²) in [6.07, 6.45) is 0. The van der Waals surface area contributed by atoms with Crippen LogP contribution in [0, 0.1) is 10.1 Å². The van der Waals surface area contributed by atoms with Crippen molar-refractivity contribution in [3.05, 3.63) is 74.4 Å². The molecule has 0 saturated heterocycles. The molecule has 0 atom stereocenters. The highest BCUT2D eigenvalue weighted by atomic mass is 32.2. The van der Waals surface area contributed by atoms with Crippen LogP contribution in [0.2, 0.25) is 0 Å². The van der Waals surface area contributed by atoms with Gasteiger partial charge in [-0.2, -0.15) is 9.78 Å². The molecule has 10 nitrogen and oxygen atoms in total. The second-order valence-corrected chi connectivity index (χ2v) is 9.14. The number of thiophene rings is 1. The first-order valence-corrected chi connectivity index (χ1v) is 11.0. The summed E-state index contributed by atoms with van der Waals surface area (Å²) < 4.78 is 32.7. The molecule has 0 bridgehead atoms. The van der Waals surface area contributed by atoms with Crippen molar-refractivity contribution in [1.29, 1.82) is 0 Å². The molecule has 0 aliphatic carbocycles. The van der Waals surface area contributed by atoms with Crippen molar-refractivity contribution >= 4 is 42.6 Å². The molecule has 0 spiro atoms. The standard InChI is InChI=1S/C19H14N4O6S2/c1-29-13-6-2-11(3-7-13)22-19(24)16-15(10-30-17(16)20)18(21-22)31(27,28)14-8-4-12(5-9-14)23(25)26/h2-10H,20H2,1H3. The van der Waals surface area contributed by atoms with Gasteiger partial charge in [-0.1, -0.05) is 0 Å². The van der Waals surface area contributed by atoms with Gasteiger partial charge in [0.05, 0.1) is 33.0 Å². The van der Waals surface area contributed by atoms with E-state index in [2.05, 4.69) is 5.10 Å². The lowest BCUT2D eigenvalue weighted by atomic mass is 10.2. The van der Waals surface area contributed by atoms with Crippen LogP contribution >= 0.6 is 11.3 Å². The lowest BCUT2D eigenvalue weighted by molar-refractivity contribution is -0.384. The summed E-state index contributed by atoms with van der Waals surface area (Å²) in [6.45, 7) is 0. The van der Waals surface area contributed by atoms with Gasteiger partial charge in [0.25, 0.3) is 11.2 Å². The van der Waals surface area contributed by atoms with Gasteiger partial charge >= 0.3 is 0 Å². The number of fused-ring (bicyclic) bond motifs is 1. The Morgan fingerprint density at radius 1 is 1.13 bits per heavy atom. The maximum atomic E-state index is 13.3. The highest BCUT2D eigenvalue weighted by molar-refractivity contribution is 7.91. The van der Waals surface area contributed by atoms with Gasteiger partial charge in [-0.05, 0) is 36.4 Å². The first kappa shape index (κ1) is 20.5. The molecule has 0 aliphatic rings. The monoisotopic (exact) mass is 458 g/mol. The molecular weight excluding hydrogens is 444 g/mol. The fourth-order valence-corrected chi connectivity index (χ4v) is 5.22. The summed E-state index contributed by atoms with van der Waals surface area (Å²) in [5, 5.41) is 16.4. The quantitative estimate of drug-likeness (QED) is 0.355. The number of rotatable bonds is 5. The molecule has 0 saturated carbocycles. The van der Waals surface area contributed by atoms with E-state index in [0.717, 1.165) is 40.3 Å². The summed E-state index contributed by atoms with van der Waals surface area (Å²) in [5.74, 6) is 0.548. The van der Waals surface area contributed by atoms with Crippen LogP contribution in [0.1, 0.15) is 0 Å². The zero-order valence-electron chi connectivity index (χ0n) is 15.9. The Morgan fingerprint density at radius 2 is 1.77 bits per heavy atom. The maximum absolute atomic E-state index is 13.3. The van der Waals surface area contributed by atoms with Crippen LogP contribution in [0.5, 0.6) is 5.75 Å². The Kier molecular flexibility index (Phi) is 4.95. The van der Waals surface area contributed by atoms with Gasteiger partial charge in [0.1, 0.15) is 5.75 Å². The van der Waals surface area contributed by atoms with Crippen molar-refractivity contribution in [2.75, 3.05) is 12.8 Å². The van der Waals surface area contributed by atoms with Crippen LogP contribution in [-0.4, -0.2) is 30.2 Å². The van der Waals surface area contributed by atoms with E-state index in [4.69, 9.17) is 10.5 Å². The van der Waals surface area contributed by atoms with Crippen molar-refractivity contribution in [1.82, 2.24) is 9.78 Å². The number of benzene rings is 2. The fourth-order valence-electron chi connectivity index (χ4n) is 3.00. The molecule has 12 heteroatoms. The molecule has 0 fully saturated rings. The van der Waals surface area contributed by atoms with Crippen LogP contribution in [0.25, 0.3) is 16.5 Å². The molecule has 0 aliphatic heterocycles. The van der Waals surface area contributed by atoms with Gasteiger partial charge in [0, 0.05) is 22.9 Å². The second-order valence-electron chi connectivity index (χ2n) is 6.36. The minimum Gasteiger partial charge on any atom is -0.497 e. The maximum Gasteiger partial charge on any atom is 0.282 e. The van der Waals surface area contributed by atoms with E-state index in [-0.39, 0.29) is 31.4 Å². The van der Waals surface area contributed by atoms with Crippen LogP contribution in [0.4, 0.5) is 10.7 Å². The smallest absolute Gasteiger partial charge is 0.282 e. The zero-order chi connectivity index (χ0) is 22.3. The zero-order valence-corrected chi connectivity index (χ0v) is 17.5. The van der Waals surface area contributed by atoms with Crippen LogP contribution in [-0.2, 0) is 9.84 Å². The Balaban J connectivity index is 1.98. The van der Waals surface area contributed by atoms with Gasteiger partial charge in [0.15, 0.2) is 5.03 Å². The lowest BCUT2D eigenvalue weighted by Crippen LogP contribution is -2.24. The van der Waals surface area contributed by atoms with Crippen molar-refractivity contribution in [2.45, 2.75) is 9.92 Å². The first-order chi connectivity index (χ1) is 14.7. The van der Waals surface area contributed by atoms with E-state index in [0.29, 0.717) is 11.4 Å². The number of methoxy groups -OCH3 is 1. The number of nitrogens with zero attached hydrogens (tertiary/aromatic N) is 3.